The predicted octanol–water partition coefficient (Wildman–Crippen LogP) is 1.51. The zero-order chi connectivity index (χ0) is 16.3. The van der Waals surface area contributed by atoms with Crippen LogP contribution in [0, 0.1) is 0 Å². The van der Waals surface area contributed by atoms with Crippen molar-refractivity contribution in [2.75, 3.05) is 13.2 Å². The minimum Gasteiger partial charge on any atom is -0.377 e. The fraction of sp³-hybridized carbons (Fsp3) is 0.438. The lowest BCUT2D eigenvalue weighted by Crippen LogP contribution is -2.39. The fourth-order valence-corrected chi connectivity index (χ4v) is 4.39. The molecule has 0 radical (unpaired) electrons. The van der Waals surface area contributed by atoms with E-state index in [-0.39, 0.29) is 6.10 Å². The summed E-state index contributed by atoms with van der Waals surface area (Å²) in [5.41, 5.74) is 2.07. The van der Waals surface area contributed by atoms with Gasteiger partial charge in [-0.15, -0.1) is 0 Å². The van der Waals surface area contributed by atoms with Gasteiger partial charge in [-0.2, -0.15) is 5.10 Å². The number of hydrogen-bond donors (Lipinski definition) is 1. The number of sulfonamides is 1. The highest BCUT2D eigenvalue weighted by molar-refractivity contribution is 7.90. The number of rotatable bonds is 6. The summed E-state index contributed by atoms with van der Waals surface area (Å²) in [6.07, 6.45) is 4.60. The average molecular weight is 335 g/mol. The molecule has 7 heteroatoms. The SMILES string of the molecule is C[C@@H]1OCC[C@@H]1S(=O)(=O)NCCc1ccc(-n2cccn2)cc1. The zero-order valence-electron chi connectivity index (χ0n) is 13.1. The van der Waals surface area contributed by atoms with Gasteiger partial charge in [0, 0.05) is 25.5 Å². The highest BCUT2D eigenvalue weighted by atomic mass is 32.2. The molecule has 1 N–H and O–H groups in total. The Labute approximate surface area is 136 Å². The van der Waals surface area contributed by atoms with Crippen molar-refractivity contribution in [1.29, 1.82) is 0 Å². The van der Waals surface area contributed by atoms with E-state index >= 15 is 0 Å². The lowest BCUT2D eigenvalue weighted by molar-refractivity contribution is 0.126. The fourth-order valence-electron chi connectivity index (χ4n) is 2.80. The van der Waals surface area contributed by atoms with Gasteiger partial charge in [0.25, 0.3) is 0 Å². The summed E-state index contributed by atoms with van der Waals surface area (Å²) in [5.74, 6) is 0. The van der Waals surface area contributed by atoms with Crippen LogP contribution in [0.2, 0.25) is 0 Å². The first kappa shape index (κ1) is 16.2. The molecule has 1 aromatic carbocycles. The largest absolute Gasteiger partial charge is 0.377 e. The number of nitrogens with zero attached hydrogens (tertiary/aromatic N) is 2. The Bertz CT molecular complexity index is 726. The van der Waals surface area contributed by atoms with Crippen LogP contribution in [0.5, 0.6) is 0 Å². The van der Waals surface area contributed by atoms with Crippen LogP contribution >= 0.6 is 0 Å². The molecular weight excluding hydrogens is 314 g/mol. The molecule has 1 saturated heterocycles. The van der Waals surface area contributed by atoms with E-state index in [2.05, 4.69) is 9.82 Å². The summed E-state index contributed by atoms with van der Waals surface area (Å²) in [6, 6.07) is 9.81. The molecule has 3 rings (SSSR count). The van der Waals surface area contributed by atoms with Crippen LogP contribution in [0.25, 0.3) is 5.69 Å². The van der Waals surface area contributed by atoms with Gasteiger partial charge in [0.2, 0.25) is 10.0 Å². The van der Waals surface area contributed by atoms with Crippen LogP contribution < -0.4 is 4.72 Å². The van der Waals surface area contributed by atoms with Gasteiger partial charge in [-0.05, 0) is 43.5 Å². The van der Waals surface area contributed by atoms with Crippen LogP contribution in [0.1, 0.15) is 18.9 Å². The Kier molecular flexibility index (Phi) is 4.79. The van der Waals surface area contributed by atoms with Crippen molar-refractivity contribution >= 4 is 10.0 Å². The molecule has 1 aliphatic rings. The molecule has 2 heterocycles. The van der Waals surface area contributed by atoms with E-state index in [0.29, 0.717) is 26.0 Å². The van der Waals surface area contributed by atoms with Crippen LogP contribution in [0.15, 0.2) is 42.7 Å². The van der Waals surface area contributed by atoms with Crippen molar-refractivity contribution in [3.8, 4) is 5.69 Å². The molecule has 0 spiro atoms. The van der Waals surface area contributed by atoms with Crippen LogP contribution in [-0.4, -0.2) is 42.7 Å². The Hall–Kier alpha value is -1.70. The van der Waals surface area contributed by atoms with Gasteiger partial charge in [0.1, 0.15) is 5.25 Å². The van der Waals surface area contributed by atoms with Crippen molar-refractivity contribution in [1.82, 2.24) is 14.5 Å². The second-order valence-corrected chi connectivity index (χ2v) is 7.69. The Morgan fingerprint density at radius 3 is 2.74 bits per heavy atom. The monoisotopic (exact) mass is 335 g/mol. The second kappa shape index (κ2) is 6.82. The Balaban J connectivity index is 1.54. The van der Waals surface area contributed by atoms with Crippen molar-refractivity contribution in [2.45, 2.75) is 31.1 Å². The van der Waals surface area contributed by atoms with Gasteiger partial charge in [0.15, 0.2) is 0 Å². The highest BCUT2D eigenvalue weighted by Gasteiger charge is 2.35. The Morgan fingerprint density at radius 2 is 2.13 bits per heavy atom. The van der Waals surface area contributed by atoms with Crippen LogP contribution in [0.3, 0.4) is 0 Å². The smallest absolute Gasteiger partial charge is 0.217 e. The van der Waals surface area contributed by atoms with Crippen molar-refractivity contribution in [3.63, 3.8) is 0 Å². The van der Waals surface area contributed by atoms with E-state index in [4.69, 9.17) is 4.74 Å². The number of ether oxygens (including phenoxy) is 1. The molecule has 1 aliphatic heterocycles. The zero-order valence-corrected chi connectivity index (χ0v) is 13.9. The van der Waals surface area contributed by atoms with Crippen molar-refractivity contribution in [3.05, 3.63) is 48.3 Å². The topological polar surface area (TPSA) is 73.2 Å². The molecular formula is C16H21N3O3S. The standard InChI is InChI=1S/C16H21N3O3S/c1-13-16(8-12-22-13)23(20,21)18-10-7-14-3-5-15(6-4-14)19-11-2-9-17-19/h2-6,9,11,13,16,18H,7-8,10,12H2,1H3/t13-,16-/m0/s1. The van der Waals surface area contributed by atoms with Crippen molar-refractivity contribution in [2.24, 2.45) is 0 Å². The first-order chi connectivity index (χ1) is 11.1. The molecule has 0 unspecified atom stereocenters. The summed E-state index contributed by atoms with van der Waals surface area (Å²) in [6.45, 7) is 2.72. The summed E-state index contributed by atoms with van der Waals surface area (Å²) in [4.78, 5) is 0. The molecule has 0 aliphatic carbocycles. The van der Waals surface area contributed by atoms with Gasteiger partial charge in [-0.25, -0.2) is 17.8 Å². The van der Waals surface area contributed by atoms with Gasteiger partial charge >= 0.3 is 0 Å². The van der Waals surface area contributed by atoms with E-state index in [1.54, 1.807) is 10.9 Å². The molecule has 0 amide bonds. The van der Waals surface area contributed by atoms with Crippen LogP contribution in [-0.2, 0) is 21.2 Å². The third-order valence-electron chi connectivity index (χ3n) is 4.13. The normalized spacial score (nSPS) is 21.6. The molecule has 1 fully saturated rings. The summed E-state index contributed by atoms with van der Waals surface area (Å²) in [5, 5.41) is 3.73. The quantitative estimate of drug-likeness (QED) is 0.868. The van der Waals surface area contributed by atoms with Crippen molar-refractivity contribution < 1.29 is 13.2 Å². The van der Waals surface area contributed by atoms with Gasteiger partial charge < -0.3 is 4.74 Å². The summed E-state index contributed by atoms with van der Waals surface area (Å²) in [7, 11) is -3.31. The van der Waals surface area contributed by atoms with E-state index in [1.807, 2.05) is 43.5 Å². The minimum atomic E-state index is -3.31. The predicted molar refractivity (Wildman–Crippen MR) is 88.0 cm³/mol. The second-order valence-electron chi connectivity index (χ2n) is 5.71. The summed E-state index contributed by atoms with van der Waals surface area (Å²) < 4.78 is 34.3. The molecule has 23 heavy (non-hydrogen) atoms. The van der Waals surface area contributed by atoms with E-state index < -0.39 is 15.3 Å². The molecule has 6 nitrogen and oxygen atoms in total. The van der Waals surface area contributed by atoms with E-state index in [1.165, 1.54) is 0 Å². The highest BCUT2D eigenvalue weighted by Crippen LogP contribution is 2.19. The van der Waals surface area contributed by atoms with E-state index in [0.717, 1.165) is 11.3 Å². The molecule has 0 bridgehead atoms. The average Bonchev–Trinajstić information content (AvgIpc) is 3.19. The van der Waals surface area contributed by atoms with Gasteiger partial charge in [-0.3, -0.25) is 0 Å². The number of nitrogens with one attached hydrogen (secondary N) is 1. The Morgan fingerprint density at radius 1 is 1.35 bits per heavy atom. The van der Waals surface area contributed by atoms with Gasteiger partial charge in [0.05, 0.1) is 11.8 Å². The molecule has 0 saturated carbocycles. The molecule has 124 valence electrons. The molecule has 1 aromatic heterocycles. The minimum absolute atomic E-state index is 0.235. The third-order valence-corrected chi connectivity index (χ3v) is 6.15. The number of benzene rings is 1. The van der Waals surface area contributed by atoms with E-state index in [9.17, 15) is 8.42 Å². The maximum atomic E-state index is 12.2. The first-order valence-corrected chi connectivity index (χ1v) is 9.30. The number of aromatic nitrogens is 2. The number of hydrogen-bond acceptors (Lipinski definition) is 4. The van der Waals surface area contributed by atoms with Crippen LogP contribution in [0.4, 0.5) is 0 Å². The first-order valence-electron chi connectivity index (χ1n) is 7.75. The summed E-state index contributed by atoms with van der Waals surface area (Å²) >= 11 is 0. The lowest BCUT2D eigenvalue weighted by Gasteiger charge is -2.15. The lowest BCUT2D eigenvalue weighted by atomic mass is 10.1. The van der Waals surface area contributed by atoms with Gasteiger partial charge in [-0.1, -0.05) is 12.1 Å². The molecule has 2 aromatic rings. The molecule has 2 atom stereocenters. The maximum absolute atomic E-state index is 12.2. The third kappa shape index (κ3) is 3.80. The maximum Gasteiger partial charge on any atom is 0.217 e.